The SMILES string of the molecule is C=C1C(=O)C2(C(=O)NCC34CC5CC(CC3C5)C4)CC(=O)CC1C2. The zero-order valence-electron chi connectivity index (χ0n) is 14.1. The van der Waals surface area contributed by atoms with Crippen molar-refractivity contribution in [2.24, 2.45) is 34.5 Å². The molecule has 4 nitrogen and oxygen atoms in total. The van der Waals surface area contributed by atoms with Crippen LogP contribution in [0, 0.1) is 34.5 Å². The Morgan fingerprint density at radius 1 is 1.12 bits per heavy atom. The number of carbonyl (C=O) groups is 3. The quantitative estimate of drug-likeness (QED) is 0.639. The number of hydrogen-bond acceptors (Lipinski definition) is 3. The molecule has 6 aliphatic rings. The minimum atomic E-state index is -1.14. The average molecular weight is 327 g/mol. The smallest absolute Gasteiger partial charge is 0.234 e. The number of rotatable bonds is 3. The highest BCUT2D eigenvalue weighted by Crippen LogP contribution is 2.65. The maximum Gasteiger partial charge on any atom is 0.234 e. The van der Waals surface area contributed by atoms with Gasteiger partial charge in [0.05, 0.1) is 0 Å². The normalized spacial score (nSPS) is 48.4. The van der Waals surface area contributed by atoms with Crippen LogP contribution in [-0.4, -0.2) is 24.0 Å². The van der Waals surface area contributed by atoms with Crippen LogP contribution in [0.25, 0.3) is 0 Å². The van der Waals surface area contributed by atoms with Gasteiger partial charge in [-0.25, -0.2) is 0 Å². The van der Waals surface area contributed by atoms with Crippen molar-refractivity contribution in [1.82, 2.24) is 5.32 Å². The van der Waals surface area contributed by atoms with Gasteiger partial charge in [0.2, 0.25) is 5.91 Å². The van der Waals surface area contributed by atoms with Gasteiger partial charge in [0.15, 0.2) is 5.78 Å². The van der Waals surface area contributed by atoms with Crippen LogP contribution >= 0.6 is 0 Å². The summed E-state index contributed by atoms with van der Waals surface area (Å²) in [5, 5.41) is 3.13. The van der Waals surface area contributed by atoms with Gasteiger partial charge in [-0.1, -0.05) is 6.58 Å². The van der Waals surface area contributed by atoms with E-state index in [1.54, 1.807) is 0 Å². The minimum absolute atomic E-state index is 0.0346. The molecule has 6 bridgehead atoms. The van der Waals surface area contributed by atoms with Crippen molar-refractivity contribution in [3.05, 3.63) is 12.2 Å². The minimum Gasteiger partial charge on any atom is -0.355 e. The highest BCUT2D eigenvalue weighted by Gasteiger charge is 2.60. The van der Waals surface area contributed by atoms with Gasteiger partial charge in [0.1, 0.15) is 11.2 Å². The van der Waals surface area contributed by atoms with E-state index < -0.39 is 5.41 Å². The van der Waals surface area contributed by atoms with Crippen molar-refractivity contribution in [3.63, 3.8) is 0 Å². The van der Waals surface area contributed by atoms with Crippen molar-refractivity contribution in [2.45, 2.75) is 51.4 Å². The van der Waals surface area contributed by atoms with Crippen LogP contribution in [0.1, 0.15) is 51.4 Å². The summed E-state index contributed by atoms with van der Waals surface area (Å²) in [5.74, 6) is 2.01. The Morgan fingerprint density at radius 3 is 2.54 bits per heavy atom. The molecular formula is C20H25NO3. The Hall–Kier alpha value is -1.45. The van der Waals surface area contributed by atoms with E-state index in [0.717, 1.165) is 17.8 Å². The maximum atomic E-state index is 13.0. The van der Waals surface area contributed by atoms with Gasteiger partial charge in [0.25, 0.3) is 0 Å². The van der Waals surface area contributed by atoms with E-state index in [-0.39, 0.29) is 35.2 Å². The number of hydrogen-bond donors (Lipinski definition) is 1. The molecular weight excluding hydrogens is 302 g/mol. The lowest BCUT2D eigenvalue weighted by molar-refractivity contribution is -0.144. The van der Waals surface area contributed by atoms with E-state index in [4.69, 9.17) is 0 Å². The van der Waals surface area contributed by atoms with Gasteiger partial charge < -0.3 is 5.32 Å². The third-order valence-corrected chi connectivity index (χ3v) is 7.98. The fourth-order valence-electron chi connectivity index (χ4n) is 7.12. The molecule has 24 heavy (non-hydrogen) atoms. The van der Waals surface area contributed by atoms with Crippen LogP contribution in [0.5, 0.6) is 0 Å². The first-order valence-corrected chi connectivity index (χ1v) is 9.45. The third-order valence-electron chi connectivity index (χ3n) is 7.98. The summed E-state index contributed by atoms with van der Waals surface area (Å²) in [4.78, 5) is 37.7. The molecule has 0 aromatic heterocycles. The Morgan fingerprint density at radius 2 is 1.83 bits per heavy atom. The lowest BCUT2D eigenvalue weighted by Crippen LogP contribution is -2.49. The van der Waals surface area contributed by atoms with Crippen LogP contribution < -0.4 is 5.32 Å². The number of Topliss-reactive ketones (excluding diaryl/α,β-unsaturated/α-hetero) is 2. The second kappa shape index (κ2) is 4.59. The standard InChI is InChI=1S/C20H25NO3/c1-11-14-5-16(22)9-20(8-14,17(11)23)18(24)21-10-19-6-12-2-13(7-19)4-15(19)3-12/h12-15H,1-10H2,(H,21,24). The van der Waals surface area contributed by atoms with Crippen LogP contribution in [0.15, 0.2) is 12.2 Å². The Bertz CT molecular complexity index is 666. The first-order chi connectivity index (χ1) is 11.4. The first kappa shape index (κ1) is 14.9. The zero-order chi connectivity index (χ0) is 16.7. The van der Waals surface area contributed by atoms with E-state index in [2.05, 4.69) is 11.9 Å². The summed E-state index contributed by atoms with van der Waals surface area (Å²) in [6, 6.07) is 0. The summed E-state index contributed by atoms with van der Waals surface area (Å²) in [6.07, 6.45) is 7.47. The molecule has 0 aromatic carbocycles. The van der Waals surface area contributed by atoms with Crippen molar-refractivity contribution >= 4 is 17.5 Å². The largest absolute Gasteiger partial charge is 0.355 e. The molecule has 6 rings (SSSR count). The van der Waals surface area contributed by atoms with Gasteiger partial charge in [0, 0.05) is 19.4 Å². The van der Waals surface area contributed by atoms with E-state index in [9.17, 15) is 14.4 Å². The van der Waals surface area contributed by atoms with E-state index in [1.807, 2.05) is 0 Å². The van der Waals surface area contributed by atoms with Crippen molar-refractivity contribution in [3.8, 4) is 0 Å². The summed E-state index contributed by atoms with van der Waals surface area (Å²) in [5.41, 5.74) is -0.366. The molecule has 1 amide bonds. The molecule has 0 aromatic rings. The molecule has 0 spiro atoms. The van der Waals surface area contributed by atoms with Gasteiger partial charge in [-0.15, -0.1) is 0 Å². The van der Waals surface area contributed by atoms with Crippen LogP contribution in [0.4, 0.5) is 0 Å². The molecule has 0 radical (unpaired) electrons. The number of carbonyl (C=O) groups excluding carboxylic acids is 3. The average Bonchev–Trinajstić information content (AvgIpc) is 3.01. The van der Waals surface area contributed by atoms with E-state index in [1.165, 1.54) is 32.1 Å². The summed E-state index contributed by atoms with van der Waals surface area (Å²) in [7, 11) is 0. The lowest BCUT2D eigenvalue weighted by Gasteiger charge is -2.35. The highest BCUT2D eigenvalue weighted by molar-refractivity contribution is 6.19. The second-order valence-corrected chi connectivity index (χ2v) is 9.35. The Labute approximate surface area is 142 Å². The summed E-state index contributed by atoms with van der Waals surface area (Å²) >= 11 is 0. The predicted octanol–water partition coefficient (Wildman–Crippen LogP) is 2.42. The van der Waals surface area contributed by atoms with Crippen molar-refractivity contribution in [1.29, 1.82) is 0 Å². The molecule has 6 aliphatic carbocycles. The number of fused-ring (bicyclic) bond motifs is 2. The molecule has 4 heteroatoms. The molecule has 0 aliphatic heterocycles. The van der Waals surface area contributed by atoms with E-state index >= 15 is 0 Å². The Balaban J connectivity index is 1.35. The molecule has 0 saturated heterocycles. The van der Waals surface area contributed by atoms with Gasteiger partial charge in [-0.3, -0.25) is 14.4 Å². The van der Waals surface area contributed by atoms with Gasteiger partial charge in [-0.2, -0.15) is 0 Å². The molecule has 0 heterocycles. The van der Waals surface area contributed by atoms with Crippen molar-refractivity contribution in [2.75, 3.05) is 6.54 Å². The molecule has 4 atom stereocenters. The number of allylic oxidation sites excluding steroid dienone is 1. The van der Waals surface area contributed by atoms with Crippen LogP contribution in [0.2, 0.25) is 0 Å². The number of ketones is 2. The highest BCUT2D eigenvalue weighted by atomic mass is 16.2. The lowest BCUT2D eigenvalue weighted by atomic mass is 9.73. The Kier molecular flexibility index (Phi) is 2.84. The molecule has 1 N–H and O–H groups in total. The fraction of sp³-hybridized carbons (Fsp3) is 0.750. The molecule has 4 unspecified atom stereocenters. The molecule has 6 fully saturated rings. The first-order valence-electron chi connectivity index (χ1n) is 9.45. The van der Waals surface area contributed by atoms with Crippen LogP contribution in [0.3, 0.4) is 0 Å². The fourth-order valence-corrected chi connectivity index (χ4v) is 7.12. The van der Waals surface area contributed by atoms with E-state index in [0.29, 0.717) is 25.0 Å². The summed E-state index contributed by atoms with van der Waals surface area (Å²) in [6.45, 7) is 4.56. The monoisotopic (exact) mass is 327 g/mol. The molecule has 6 saturated carbocycles. The van der Waals surface area contributed by atoms with Crippen molar-refractivity contribution < 1.29 is 14.4 Å². The number of amides is 1. The topological polar surface area (TPSA) is 63.2 Å². The third kappa shape index (κ3) is 1.77. The number of nitrogens with one attached hydrogen (secondary N) is 1. The van der Waals surface area contributed by atoms with Gasteiger partial charge >= 0.3 is 0 Å². The van der Waals surface area contributed by atoms with Crippen LogP contribution in [-0.2, 0) is 14.4 Å². The molecule has 128 valence electrons. The maximum absolute atomic E-state index is 13.0. The second-order valence-electron chi connectivity index (χ2n) is 9.35. The summed E-state index contributed by atoms with van der Waals surface area (Å²) < 4.78 is 0. The van der Waals surface area contributed by atoms with Gasteiger partial charge in [-0.05, 0) is 73.2 Å². The predicted molar refractivity (Wildman–Crippen MR) is 87.9 cm³/mol. The zero-order valence-corrected chi connectivity index (χ0v) is 14.1.